The summed E-state index contributed by atoms with van der Waals surface area (Å²) in [5.74, 6) is -0.704. The zero-order valence-electron chi connectivity index (χ0n) is 28.3. The average molecular weight is 593 g/mol. The second kappa shape index (κ2) is 34.2. The summed E-state index contributed by atoms with van der Waals surface area (Å²) in [7, 11) is 0. The van der Waals surface area contributed by atoms with Gasteiger partial charge in [-0.15, -0.1) is 0 Å². The standard InChI is InChI=1S/C38H72O4/c1-3-5-7-9-11-13-15-17-19-21-24-28-32-36(33-29-25-23-26-30-34-37(39)40)42-38(41)35-31-27-22-20-18-16-14-12-10-8-6-4-2/h12,14,36H,3-11,13,15-35H2,1-2H3,(H,39,40)/b14-12-. The zero-order chi connectivity index (χ0) is 30.8. The molecule has 0 aliphatic rings. The average Bonchev–Trinajstić information content (AvgIpc) is 2.97. The number of allylic oxidation sites excluding steroid dienone is 2. The van der Waals surface area contributed by atoms with E-state index in [0.29, 0.717) is 6.42 Å². The van der Waals surface area contributed by atoms with Crippen molar-refractivity contribution < 1.29 is 19.4 Å². The minimum Gasteiger partial charge on any atom is -0.481 e. The summed E-state index contributed by atoms with van der Waals surface area (Å²) in [5, 5.41) is 8.80. The van der Waals surface area contributed by atoms with Crippen molar-refractivity contribution in [1.82, 2.24) is 0 Å². The summed E-state index contributed by atoms with van der Waals surface area (Å²) in [4.78, 5) is 23.3. The number of hydrogen-bond donors (Lipinski definition) is 1. The molecule has 0 saturated heterocycles. The normalized spacial score (nSPS) is 12.2. The Morgan fingerprint density at radius 2 is 0.857 bits per heavy atom. The highest BCUT2D eigenvalue weighted by atomic mass is 16.5. The SMILES string of the molecule is CCCCC/C=C\CCCCCCCC(=O)OC(CCCCCCCCCCCCCC)CCCCCCCC(=O)O. The molecule has 0 aromatic heterocycles. The summed E-state index contributed by atoms with van der Waals surface area (Å²) in [6.45, 7) is 4.53. The van der Waals surface area contributed by atoms with Crippen LogP contribution in [-0.2, 0) is 14.3 Å². The van der Waals surface area contributed by atoms with Gasteiger partial charge in [-0.05, 0) is 64.2 Å². The van der Waals surface area contributed by atoms with Gasteiger partial charge in [0.25, 0.3) is 0 Å². The molecule has 1 N–H and O–H groups in total. The molecule has 0 aliphatic carbocycles. The number of esters is 1. The van der Waals surface area contributed by atoms with Crippen molar-refractivity contribution in [3.8, 4) is 0 Å². The van der Waals surface area contributed by atoms with Crippen molar-refractivity contribution in [2.24, 2.45) is 0 Å². The van der Waals surface area contributed by atoms with E-state index >= 15 is 0 Å². The Labute approximate surface area is 262 Å². The summed E-state index contributed by atoms with van der Waals surface area (Å²) < 4.78 is 5.98. The molecule has 1 atom stereocenters. The molecule has 0 saturated carbocycles. The number of aliphatic carboxylic acids is 1. The first-order valence-corrected chi connectivity index (χ1v) is 18.7. The van der Waals surface area contributed by atoms with Gasteiger partial charge in [0.1, 0.15) is 6.10 Å². The summed E-state index contributed by atoms with van der Waals surface area (Å²) >= 11 is 0. The highest BCUT2D eigenvalue weighted by Crippen LogP contribution is 2.19. The van der Waals surface area contributed by atoms with Gasteiger partial charge in [-0.1, -0.05) is 148 Å². The van der Waals surface area contributed by atoms with E-state index in [0.717, 1.165) is 64.2 Å². The largest absolute Gasteiger partial charge is 0.481 e. The van der Waals surface area contributed by atoms with Gasteiger partial charge in [0.15, 0.2) is 0 Å². The fraction of sp³-hybridized carbons (Fsp3) is 0.895. The third-order valence-electron chi connectivity index (χ3n) is 8.49. The van der Waals surface area contributed by atoms with Crippen LogP contribution in [0.4, 0.5) is 0 Å². The van der Waals surface area contributed by atoms with Crippen LogP contribution >= 0.6 is 0 Å². The number of carbonyl (C=O) groups is 2. The summed E-state index contributed by atoms with van der Waals surface area (Å²) in [6.07, 6.45) is 40.8. The van der Waals surface area contributed by atoms with Crippen molar-refractivity contribution in [2.75, 3.05) is 0 Å². The van der Waals surface area contributed by atoms with Gasteiger partial charge in [-0.2, -0.15) is 0 Å². The van der Waals surface area contributed by atoms with E-state index in [1.807, 2.05) is 0 Å². The Balaban J connectivity index is 4.05. The third-order valence-corrected chi connectivity index (χ3v) is 8.49. The molecule has 42 heavy (non-hydrogen) atoms. The molecule has 0 rings (SSSR count). The van der Waals surface area contributed by atoms with E-state index in [2.05, 4.69) is 26.0 Å². The first-order chi connectivity index (χ1) is 20.6. The van der Waals surface area contributed by atoms with Crippen LogP contribution in [0, 0.1) is 0 Å². The summed E-state index contributed by atoms with van der Waals surface area (Å²) in [6, 6.07) is 0. The van der Waals surface area contributed by atoms with Crippen LogP contribution in [0.3, 0.4) is 0 Å². The van der Waals surface area contributed by atoms with Crippen molar-refractivity contribution in [2.45, 2.75) is 219 Å². The molecule has 248 valence electrons. The quantitative estimate of drug-likeness (QED) is 0.0458. The van der Waals surface area contributed by atoms with Crippen molar-refractivity contribution >= 4 is 11.9 Å². The number of hydrogen-bond acceptors (Lipinski definition) is 3. The Hall–Kier alpha value is -1.32. The molecule has 0 heterocycles. The number of carboxylic acid groups (broad SMARTS) is 1. The highest BCUT2D eigenvalue weighted by Gasteiger charge is 2.14. The molecular weight excluding hydrogens is 520 g/mol. The molecule has 0 spiro atoms. The van der Waals surface area contributed by atoms with Crippen molar-refractivity contribution in [1.29, 1.82) is 0 Å². The number of ether oxygens (including phenoxy) is 1. The van der Waals surface area contributed by atoms with Gasteiger partial charge in [0, 0.05) is 12.8 Å². The van der Waals surface area contributed by atoms with Crippen molar-refractivity contribution in [3.63, 3.8) is 0 Å². The lowest BCUT2D eigenvalue weighted by atomic mass is 10.0. The molecule has 0 fully saturated rings. The van der Waals surface area contributed by atoms with Crippen LogP contribution in [0.5, 0.6) is 0 Å². The predicted octanol–water partition coefficient (Wildman–Crippen LogP) is 12.7. The molecule has 4 nitrogen and oxygen atoms in total. The molecule has 0 bridgehead atoms. The monoisotopic (exact) mass is 593 g/mol. The number of unbranched alkanes of at least 4 members (excludes halogenated alkanes) is 23. The second-order valence-corrected chi connectivity index (χ2v) is 12.8. The van der Waals surface area contributed by atoms with Gasteiger partial charge in [-0.3, -0.25) is 9.59 Å². The third kappa shape index (κ3) is 33.2. The van der Waals surface area contributed by atoms with Crippen LogP contribution in [0.25, 0.3) is 0 Å². The number of carbonyl (C=O) groups excluding carboxylic acids is 1. The van der Waals surface area contributed by atoms with Crippen molar-refractivity contribution in [3.05, 3.63) is 12.2 Å². The first kappa shape index (κ1) is 40.7. The maximum Gasteiger partial charge on any atom is 0.306 e. The van der Waals surface area contributed by atoms with Crippen LogP contribution in [0.2, 0.25) is 0 Å². The van der Waals surface area contributed by atoms with E-state index in [1.54, 1.807) is 0 Å². The lowest BCUT2D eigenvalue weighted by Crippen LogP contribution is -2.18. The summed E-state index contributed by atoms with van der Waals surface area (Å²) in [5.41, 5.74) is 0. The Bertz CT molecular complexity index is 600. The Kier molecular flexibility index (Phi) is 33.1. The lowest BCUT2D eigenvalue weighted by molar-refractivity contribution is -0.150. The molecule has 0 amide bonds. The molecule has 1 unspecified atom stereocenters. The second-order valence-electron chi connectivity index (χ2n) is 12.8. The highest BCUT2D eigenvalue weighted by molar-refractivity contribution is 5.69. The van der Waals surface area contributed by atoms with Crippen LogP contribution in [-0.4, -0.2) is 23.1 Å². The predicted molar refractivity (Wildman–Crippen MR) is 181 cm³/mol. The van der Waals surface area contributed by atoms with Gasteiger partial charge in [0.2, 0.25) is 0 Å². The van der Waals surface area contributed by atoms with Gasteiger partial charge < -0.3 is 9.84 Å². The zero-order valence-corrected chi connectivity index (χ0v) is 28.3. The van der Waals surface area contributed by atoms with Crippen LogP contribution in [0.15, 0.2) is 12.2 Å². The maximum absolute atomic E-state index is 12.6. The maximum atomic E-state index is 12.6. The number of rotatable bonds is 34. The molecule has 0 radical (unpaired) electrons. The fourth-order valence-electron chi connectivity index (χ4n) is 5.71. The molecular formula is C38H72O4. The van der Waals surface area contributed by atoms with Crippen LogP contribution < -0.4 is 0 Å². The Morgan fingerprint density at radius 3 is 1.33 bits per heavy atom. The smallest absolute Gasteiger partial charge is 0.306 e. The fourth-order valence-corrected chi connectivity index (χ4v) is 5.71. The van der Waals surface area contributed by atoms with Crippen LogP contribution in [0.1, 0.15) is 213 Å². The Morgan fingerprint density at radius 1 is 0.500 bits per heavy atom. The molecule has 0 aliphatic heterocycles. The van der Waals surface area contributed by atoms with E-state index < -0.39 is 5.97 Å². The van der Waals surface area contributed by atoms with E-state index in [4.69, 9.17) is 9.84 Å². The first-order valence-electron chi connectivity index (χ1n) is 18.7. The molecule has 0 aromatic rings. The van der Waals surface area contributed by atoms with Gasteiger partial charge >= 0.3 is 11.9 Å². The van der Waals surface area contributed by atoms with Gasteiger partial charge in [-0.25, -0.2) is 0 Å². The van der Waals surface area contributed by atoms with Gasteiger partial charge in [0.05, 0.1) is 0 Å². The molecule has 4 heteroatoms. The topological polar surface area (TPSA) is 63.6 Å². The minimum absolute atomic E-state index is 0.00425. The van der Waals surface area contributed by atoms with E-state index in [-0.39, 0.29) is 18.5 Å². The number of carboxylic acids is 1. The molecule has 0 aromatic carbocycles. The lowest BCUT2D eigenvalue weighted by Gasteiger charge is -2.18. The minimum atomic E-state index is -0.699. The van der Waals surface area contributed by atoms with E-state index in [1.165, 1.54) is 122 Å². The van der Waals surface area contributed by atoms with E-state index in [9.17, 15) is 9.59 Å².